The van der Waals surface area contributed by atoms with Gasteiger partial charge in [0.05, 0.1) is 11.1 Å². The maximum Gasteiger partial charge on any atom is 0.336 e. The third kappa shape index (κ3) is 3.34. The van der Waals surface area contributed by atoms with Crippen LogP contribution in [0.1, 0.15) is 34.6 Å². The van der Waals surface area contributed by atoms with Gasteiger partial charge in [0.25, 0.3) is 5.91 Å². The van der Waals surface area contributed by atoms with Gasteiger partial charge in [0.15, 0.2) is 11.6 Å². The number of nitrogens with zero attached hydrogens (tertiary/aromatic N) is 1. The minimum atomic E-state index is -1.45. The largest absolute Gasteiger partial charge is 0.478 e. The zero-order chi connectivity index (χ0) is 15.7. The highest BCUT2D eigenvalue weighted by Crippen LogP contribution is 2.27. The minimum Gasteiger partial charge on any atom is -0.478 e. The Morgan fingerprint density at radius 1 is 1.14 bits per heavy atom. The van der Waals surface area contributed by atoms with Crippen molar-refractivity contribution in [3.05, 3.63) is 34.9 Å². The summed E-state index contributed by atoms with van der Waals surface area (Å²) in [5, 5.41) is 9.48. The van der Waals surface area contributed by atoms with Crippen molar-refractivity contribution in [1.29, 1.82) is 0 Å². The molecule has 114 valence electrons. The first-order valence-corrected chi connectivity index (χ1v) is 7.41. The van der Waals surface area contributed by atoms with Crippen molar-refractivity contribution >= 4 is 23.6 Å². The van der Waals surface area contributed by atoms with Crippen LogP contribution in [0, 0.1) is 11.6 Å². The number of carbonyl (C=O) groups excluding carboxylic acids is 1. The molecule has 1 heterocycles. The van der Waals surface area contributed by atoms with E-state index in [4.69, 9.17) is 5.11 Å². The highest BCUT2D eigenvalue weighted by molar-refractivity contribution is 8.00. The molecule has 0 spiro atoms. The lowest BCUT2D eigenvalue weighted by Gasteiger charge is -2.34. The summed E-state index contributed by atoms with van der Waals surface area (Å²) in [7, 11) is 0. The lowest BCUT2D eigenvalue weighted by molar-refractivity contribution is 0.0673. The molecule has 2 rings (SSSR count). The molecule has 4 nitrogen and oxygen atoms in total. The molecule has 1 aromatic carbocycles. The Kier molecular flexibility index (Phi) is 4.51. The summed E-state index contributed by atoms with van der Waals surface area (Å²) in [4.78, 5) is 25.1. The molecule has 1 fully saturated rings. The van der Waals surface area contributed by atoms with Crippen molar-refractivity contribution in [1.82, 2.24) is 4.90 Å². The first-order valence-electron chi connectivity index (χ1n) is 6.46. The van der Waals surface area contributed by atoms with Crippen LogP contribution >= 0.6 is 11.8 Å². The Hall–Kier alpha value is -1.63. The second kappa shape index (κ2) is 6.01. The highest BCUT2D eigenvalue weighted by Gasteiger charge is 2.29. The van der Waals surface area contributed by atoms with Crippen molar-refractivity contribution in [2.45, 2.75) is 24.3 Å². The van der Waals surface area contributed by atoms with Gasteiger partial charge in [-0.3, -0.25) is 4.79 Å². The monoisotopic (exact) mass is 315 g/mol. The minimum absolute atomic E-state index is 0.205. The van der Waals surface area contributed by atoms with E-state index in [1.54, 1.807) is 11.8 Å². The predicted molar refractivity (Wildman–Crippen MR) is 75.7 cm³/mol. The molecule has 1 saturated heterocycles. The molecule has 1 N–H and O–H groups in total. The van der Waals surface area contributed by atoms with Crippen molar-refractivity contribution in [3.63, 3.8) is 0 Å². The predicted octanol–water partition coefficient (Wildman–Crippen LogP) is 2.63. The molecule has 0 radical (unpaired) electrons. The van der Waals surface area contributed by atoms with Crippen molar-refractivity contribution < 1.29 is 23.5 Å². The van der Waals surface area contributed by atoms with E-state index in [9.17, 15) is 18.4 Å². The fourth-order valence-corrected chi connectivity index (χ4v) is 3.74. The van der Waals surface area contributed by atoms with Crippen molar-refractivity contribution in [2.24, 2.45) is 0 Å². The number of rotatable bonds is 2. The Balaban J connectivity index is 2.38. The van der Waals surface area contributed by atoms with E-state index < -0.39 is 29.1 Å². The van der Waals surface area contributed by atoms with E-state index in [1.165, 1.54) is 4.90 Å². The molecule has 2 unspecified atom stereocenters. The van der Waals surface area contributed by atoms with Crippen LogP contribution in [0.15, 0.2) is 12.1 Å². The molecular weight excluding hydrogens is 300 g/mol. The molecule has 2 atom stereocenters. The molecule has 0 saturated carbocycles. The van der Waals surface area contributed by atoms with Crippen LogP contribution < -0.4 is 0 Å². The Morgan fingerprint density at radius 2 is 1.62 bits per heavy atom. The number of carboxylic acids is 1. The maximum atomic E-state index is 13.4. The number of amides is 1. The molecule has 0 aromatic heterocycles. The summed E-state index contributed by atoms with van der Waals surface area (Å²) >= 11 is 1.73. The summed E-state index contributed by atoms with van der Waals surface area (Å²) in [6.07, 6.45) is 0. The first-order chi connectivity index (χ1) is 9.79. The molecule has 1 aromatic rings. The number of hydrogen-bond acceptors (Lipinski definition) is 3. The molecule has 1 amide bonds. The third-order valence-corrected chi connectivity index (χ3v) is 4.46. The van der Waals surface area contributed by atoms with Gasteiger partial charge in [-0.1, -0.05) is 13.8 Å². The van der Waals surface area contributed by atoms with Crippen LogP contribution in [0.2, 0.25) is 0 Å². The number of benzene rings is 1. The molecule has 1 aliphatic rings. The van der Waals surface area contributed by atoms with Gasteiger partial charge < -0.3 is 10.0 Å². The number of hydrogen-bond donors (Lipinski definition) is 1. The highest BCUT2D eigenvalue weighted by atomic mass is 32.2. The van der Waals surface area contributed by atoms with Crippen LogP contribution in [0.4, 0.5) is 8.78 Å². The van der Waals surface area contributed by atoms with Gasteiger partial charge in [-0.05, 0) is 12.1 Å². The van der Waals surface area contributed by atoms with E-state index >= 15 is 0 Å². The summed E-state index contributed by atoms with van der Waals surface area (Å²) in [6, 6.07) is 1.22. The van der Waals surface area contributed by atoms with Gasteiger partial charge in [-0.25, -0.2) is 13.6 Å². The summed E-state index contributed by atoms with van der Waals surface area (Å²) in [6.45, 7) is 4.83. The Labute approximate surface area is 125 Å². The quantitative estimate of drug-likeness (QED) is 0.911. The number of aromatic carboxylic acids is 1. The smallest absolute Gasteiger partial charge is 0.336 e. The Morgan fingerprint density at radius 3 is 2.10 bits per heavy atom. The van der Waals surface area contributed by atoms with Crippen LogP contribution in [0.3, 0.4) is 0 Å². The summed E-state index contributed by atoms with van der Waals surface area (Å²) in [5.41, 5.74) is -0.829. The molecule has 21 heavy (non-hydrogen) atoms. The zero-order valence-electron chi connectivity index (χ0n) is 11.6. The van der Waals surface area contributed by atoms with Crippen LogP contribution in [0.5, 0.6) is 0 Å². The van der Waals surface area contributed by atoms with E-state index in [2.05, 4.69) is 0 Å². The molecule has 0 aliphatic carbocycles. The van der Waals surface area contributed by atoms with Crippen molar-refractivity contribution in [3.8, 4) is 0 Å². The van der Waals surface area contributed by atoms with Crippen LogP contribution in [0.25, 0.3) is 0 Å². The van der Waals surface area contributed by atoms with E-state index in [1.807, 2.05) is 13.8 Å². The van der Waals surface area contributed by atoms with Crippen LogP contribution in [-0.2, 0) is 0 Å². The SMILES string of the molecule is CC1CN(C(=O)c2cc(F)c(F)cc2C(=O)O)CC(C)S1. The average molecular weight is 315 g/mol. The summed E-state index contributed by atoms with van der Waals surface area (Å²) < 4.78 is 26.5. The molecule has 0 bridgehead atoms. The fourth-order valence-electron chi connectivity index (χ4n) is 2.41. The second-order valence-corrected chi connectivity index (χ2v) is 6.97. The van der Waals surface area contributed by atoms with Gasteiger partial charge in [-0.15, -0.1) is 0 Å². The van der Waals surface area contributed by atoms with Gasteiger partial charge in [0, 0.05) is 23.6 Å². The summed E-state index contributed by atoms with van der Waals surface area (Å²) in [5.74, 6) is -4.54. The van der Waals surface area contributed by atoms with E-state index in [-0.39, 0.29) is 16.1 Å². The lowest BCUT2D eigenvalue weighted by Crippen LogP contribution is -2.44. The van der Waals surface area contributed by atoms with Gasteiger partial charge >= 0.3 is 5.97 Å². The number of thioether (sulfide) groups is 1. The van der Waals surface area contributed by atoms with Gasteiger partial charge in [-0.2, -0.15) is 11.8 Å². The normalized spacial score (nSPS) is 22.2. The van der Waals surface area contributed by atoms with Crippen molar-refractivity contribution in [2.75, 3.05) is 13.1 Å². The zero-order valence-corrected chi connectivity index (χ0v) is 12.4. The van der Waals surface area contributed by atoms with E-state index in [0.29, 0.717) is 25.2 Å². The fraction of sp³-hybridized carbons (Fsp3) is 0.429. The van der Waals surface area contributed by atoms with E-state index in [0.717, 1.165) is 0 Å². The third-order valence-electron chi connectivity index (χ3n) is 3.23. The second-order valence-electron chi connectivity index (χ2n) is 5.08. The lowest BCUT2D eigenvalue weighted by atomic mass is 10.1. The van der Waals surface area contributed by atoms with Crippen LogP contribution in [-0.4, -0.2) is 45.5 Å². The van der Waals surface area contributed by atoms with Gasteiger partial charge in [0.1, 0.15) is 0 Å². The maximum absolute atomic E-state index is 13.4. The molecular formula is C14H15F2NO3S. The number of halogens is 2. The molecule has 1 aliphatic heterocycles. The van der Waals surface area contributed by atoms with Gasteiger partial charge in [0.2, 0.25) is 0 Å². The number of carboxylic acid groups (broad SMARTS) is 1. The standard InChI is InChI=1S/C14H15F2NO3S/c1-7-5-17(6-8(2)21-7)13(18)9-3-11(15)12(16)4-10(9)14(19)20/h3-4,7-8H,5-6H2,1-2H3,(H,19,20). The topological polar surface area (TPSA) is 57.6 Å². The average Bonchev–Trinajstić information content (AvgIpc) is 2.39. The molecule has 7 heteroatoms. The number of carbonyl (C=O) groups is 2. The Bertz CT molecular complexity index is 584. The first kappa shape index (κ1) is 15.8.